The second-order valence-corrected chi connectivity index (χ2v) is 3.71. The standard InChI is InChI=1S/C12H11FN2O3/c13-9-3-1-8(2-4-9)6-14-12(17)15-10-5-11(16)18-7-10/h1-5H,6-7H2,(H2,14,15,17). The number of cyclic esters (lactones) is 1. The molecule has 0 radical (unpaired) electrons. The highest BCUT2D eigenvalue weighted by atomic mass is 19.1. The van der Waals surface area contributed by atoms with E-state index in [1.165, 1.54) is 18.2 Å². The van der Waals surface area contributed by atoms with E-state index in [0.717, 1.165) is 5.56 Å². The van der Waals surface area contributed by atoms with Gasteiger partial charge in [-0.15, -0.1) is 0 Å². The van der Waals surface area contributed by atoms with Gasteiger partial charge < -0.3 is 15.4 Å². The number of amides is 2. The van der Waals surface area contributed by atoms with Gasteiger partial charge in [-0.2, -0.15) is 0 Å². The number of esters is 1. The molecule has 0 aliphatic carbocycles. The van der Waals surface area contributed by atoms with Gasteiger partial charge >= 0.3 is 12.0 Å². The lowest BCUT2D eigenvalue weighted by molar-refractivity contribution is -0.134. The van der Waals surface area contributed by atoms with Gasteiger partial charge in [0.05, 0.1) is 5.70 Å². The van der Waals surface area contributed by atoms with E-state index < -0.39 is 12.0 Å². The number of carbonyl (C=O) groups excluding carboxylic acids is 2. The van der Waals surface area contributed by atoms with Crippen LogP contribution in [0.3, 0.4) is 0 Å². The molecular weight excluding hydrogens is 239 g/mol. The van der Waals surface area contributed by atoms with Crippen LogP contribution >= 0.6 is 0 Å². The van der Waals surface area contributed by atoms with E-state index in [4.69, 9.17) is 0 Å². The van der Waals surface area contributed by atoms with Gasteiger partial charge in [-0.05, 0) is 17.7 Å². The van der Waals surface area contributed by atoms with Crippen molar-refractivity contribution >= 4 is 12.0 Å². The van der Waals surface area contributed by atoms with Crippen LogP contribution in [0.5, 0.6) is 0 Å². The summed E-state index contributed by atoms with van der Waals surface area (Å²) in [5, 5.41) is 5.06. The van der Waals surface area contributed by atoms with Gasteiger partial charge in [0.25, 0.3) is 0 Å². The summed E-state index contributed by atoms with van der Waals surface area (Å²) in [6.07, 6.45) is 1.22. The maximum Gasteiger partial charge on any atom is 0.333 e. The van der Waals surface area contributed by atoms with Gasteiger partial charge in [-0.25, -0.2) is 14.0 Å². The number of carbonyl (C=O) groups is 2. The second-order valence-electron chi connectivity index (χ2n) is 3.71. The lowest BCUT2D eigenvalue weighted by Crippen LogP contribution is -2.34. The zero-order valence-electron chi connectivity index (χ0n) is 9.40. The molecule has 1 heterocycles. The molecule has 94 valence electrons. The monoisotopic (exact) mass is 250 g/mol. The molecular formula is C12H11FN2O3. The largest absolute Gasteiger partial charge is 0.456 e. The molecule has 5 nitrogen and oxygen atoms in total. The number of hydrogen-bond donors (Lipinski definition) is 2. The van der Waals surface area contributed by atoms with Crippen LogP contribution in [-0.2, 0) is 16.1 Å². The fourth-order valence-corrected chi connectivity index (χ4v) is 1.42. The zero-order chi connectivity index (χ0) is 13.0. The molecule has 0 saturated carbocycles. The first-order chi connectivity index (χ1) is 8.63. The Morgan fingerprint density at radius 1 is 1.33 bits per heavy atom. The first-order valence-electron chi connectivity index (χ1n) is 5.30. The van der Waals surface area contributed by atoms with Gasteiger partial charge in [-0.1, -0.05) is 12.1 Å². The molecule has 6 heteroatoms. The Balaban J connectivity index is 1.80. The van der Waals surface area contributed by atoms with Crippen molar-refractivity contribution in [3.63, 3.8) is 0 Å². The van der Waals surface area contributed by atoms with E-state index in [0.29, 0.717) is 5.70 Å². The third-order valence-corrected chi connectivity index (χ3v) is 2.30. The molecule has 0 fully saturated rings. The lowest BCUT2D eigenvalue weighted by atomic mass is 10.2. The minimum atomic E-state index is -0.469. The van der Waals surface area contributed by atoms with Crippen LogP contribution < -0.4 is 10.6 Å². The third kappa shape index (κ3) is 3.31. The van der Waals surface area contributed by atoms with E-state index in [-0.39, 0.29) is 19.0 Å². The van der Waals surface area contributed by atoms with Crippen LogP contribution in [0.1, 0.15) is 5.56 Å². The van der Waals surface area contributed by atoms with E-state index in [9.17, 15) is 14.0 Å². The number of nitrogens with one attached hydrogen (secondary N) is 2. The van der Waals surface area contributed by atoms with Crippen molar-refractivity contribution in [1.82, 2.24) is 10.6 Å². The van der Waals surface area contributed by atoms with Crippen molar-refractivity contribution in [3.05, 3.63) is 47.4 Å². The summed E-state index contributed by atoms with van der Waals surface area (Å²) in [5.41, 5.74) is 1.19. The summed E-state index contributed by atoms with van der Waals surface area (Å²) in [4.78, 5) is 22.2. The number of ether oxygens (including phenoxy) is 1. The number of hydrogen-bond acceptors (Lipinski definition) is 3. The molecule has 1 aliphatic heterocycles. The van der Waals surface area contributed by atoms with Crippen molar-refractivity contribution in [2.24, 2.45) is 0 Å². The van der Waals surface area contributed by atoms with Crippen molar-refractivity contribution in [2.45, 2.75) is 6.54 Å². The van der Waals surface area contributed by atoms with Crippen LogP contribution in [0.15, 0.2) is 36.0 Å². The normalized spacial score (nSPS) is 13.8. The van der Waals surface area contributed by atoms with E-state index in [1.807, 2.05) is 0 Å². The molecule has 0 aromatic heterocycles. The Bertz CT molecular complexity index is 497. The molecule has 0 bridgehead atoms. The minimum Gasteiger partial charge on any atom is -0.456 e. The molecule has 0 atom stereocenters. The van der Waals surface area contributed by atoms with Crippen molar-refractivity contribution in [3.8, 4) is 0 Å². The molecule has 0 spiro atoms. The fourth-order valence-electron chi connectivity index (χ4n) is 1.42. The highest BCUT2D eigenvalue weighted by Gasteiger charge is 2.14. The van der Waals surface area contributed by atoms with Crippen LogP contribution in [0.4, 0.5) is 9.18 Å². The molecule has 2 rings (SSSR count). The summed E-state index contributed by atoms with van der Waals surface area (Å²) in [5.74, 6) is -0.793. The Morgan fingerprint density at radius 2 is 2.06 bits per heavy atom. The Labute approximate surface area is 103 Å². The molecule has 18 heavy (non-hydrogen) atoms. The van der Waals surface area contributed by atoms with E-state index in [1.54, 1.807) is 12.1 Å². The van der Waals surface area contributed by atoms with Crippen molar-refractivity contribution in [2.75, 3.05) is 6.61 Å². The van der Waals surface area contributed by atoms with E-state index in [2.05, 4.69) is 15.4 Å². The first-order valence-corrected chi connectivity index (χ1v) is 5.30. The quantitative estimate of drug-likeness (QED) is 0.788. The van der Waals surface area contributed by atoms with Gasteiger partial charge in [-0.3, -0.25) is 0 Å². The van der Waals surface area contributed by atoms with Crippen LogP contribution in [0, 0.1) is 5.82 Å². The van der Waals surface area contributed by atoms with Crippen LogP contribution in [-0.4, -0.2) is 18.6 Å². The molecule has 1 aromatic carbocycles. The van der Waals surface area contributed by atoms with E-state index >= 15 is 0 Å². The zero-order valence-corrected chi connectivity index (χ0v) is 9.40. The average molecular weight is 250 g/mol. The summed E-state index contributed by atoms with van der Waals surface area (Å²) in [7, 11) is 0. The maximum absolute atomic E-state index is 12.6. The van der Waals surface area contributed by atoms with Crippen molar-refractivity contribution < 1.29 is 18.7 Å². The molecule has 2 N–H and O–H groups in total. The SMILES string of the molecule is O=C(NCc1ccc(F)cc1)NC1=CC(=O)OC1. The average Bonchev–Trinajstić information content (AvgIpc) is 2.74. The van der Waals surface area contributed by atoms with Crippen molar-refractivity contribution in [1.29, 1.82) is 0 Å². The Morgan fingerprint density at radius 3 is 2.67 bits per heavy atom. The fraction of sp³-hybridized carbons (Fsp3) is 0.167. The summed E-state index contributed by atoms with van der Waals surface area (Å²) < 4.78 is 17.3. The number of urea groups is 1. The smallest absolute Gasteiger partial charge is 0.333 e. The number of rotatable bonds is 3. The molecule has 0 saturated heterocycles. The molecule has 2 amide bonds. The van der Waals surface area contributed by atoms with Crippen LogP contribution in [0.2, 0.25) is 0 Å². The van der Waals surface area contributed by atoms with Gasteiger partial charge in [0.2, 0.25) is 0 Å². The predicted molar refractivity (Wildman–Crippen MR) is 60.8 cm³/mol. The van der Waals surface area contributed by atoms with Gasteiger partial charge in [0.1, 0.15) is 12.4 Å². The Hall–Kier alpha value is -2.37. The first kappa shape index (κ1) is 12.1. The maximum atomic E-state index is 12.6. The predicted octanol–water partition coefficient (Wildman–Crippen LogP) is 1.07. The highest BCUT2D eigenvalue weighted by Crippen LogP contribution is 2.03. The third-order valence-electron chi connectivity index (χ3n) is 2.30. The summed E-state index contributed by atoms with van der Waals surface area (Å²) in [6, 6.07) is 5.36. The highest BCUT2D eigenvalue weighted by molar-refractivity contribution is 5.87. The topological polar surface area (TPSA) is 67.4 Å². The summed E-state index contributed by atoms with van der Waals surface area (Å²) >= 11 is 0. The Kier molecular flexibility index (Phi) is 3.57. The number of halogens is 1. The molecule has 1 aliphatic rings. The van der Waals surface area contributed by atoms with Crippen LogP contribution in [0.25, 0.3) is 0 Å². The number of benzene rings is 1. The van der Waals surface area contributed by atoms with Gasteiger partial charge in [0, 0.05) is 12.6 Å². The summed E-state index contributed by atoms with van der Waals surface area (Å²) in [6.45, 7) is 0.344. The lowest BCUT2D eigenvalue weighted by Gasteiger charge is -2.07. The second kappa shape index (κ2) is 5.31. The molecule has 0 unspecified atom stereocenters. The van der Waals surface area contributed by atoms with Gasteiger partial charge in [0.15, 0.2) is 0 Å². The minimum absolute atomic E-state index is 0.0722. The molecule has 1 aromatic rings.